The Morgan fingerprint density at radius 2 is 1.94 bits per heavy atom. The smallest absolute Gasteiger partial charge is 0.238 e. The van der Waals surface area contributed by atoms with Gasteiger partial charge in [-0.2, -0.15) is 11.8 Å². The van der Waals surface area contributed by atoms with Crippen molar-refractivity contribution in [3.63, 3.8) is 0 Å². The van der Waals surface area contributed by atoms with Crippen LogP contribution in [0.15, 0.2) is 0 Å². The Balaban J connectivity index is 2.22. The van der Waals surface area contributed by atoms with E-state index in [0.29, 0.717) is 0 Å². The summed E-state index contributed by atoms with van der Waals surface area (Å²) in [5, 5.41) is 3.33. The number of amides is 1. The van der Waals surface area contributed by atoms with Gasteiger partial charge in [0.25, 0.3) is 0 Å². The molecule has 0 aromatic rings. The number of primary amides is 1. The summed E-state index contributed by atoms with van der Waals surface area (Å²) < 4.78 is 0. The lowest BCUT2D eigenvalue weighted by atomic mass is 9.78. The molecular weight excluding hydrogens is 234 g/mol. The normalized spacial score (nSPS) is 34.5. The molecule has 1 unspecified atom stereocenters. The van der Waals surface area contributed by atoms with Crippen molar-refractivity contribution in [1.82, 2.24) is 10.2 Å². The standard InChI is InChI=1S/C12H23N3OS/c1-11(2)7-12(10(13)16,9-17-8-11)15-5-3-14-4-6-15/h14H,3-9H2,1-2H3,(H2,13,16). The van der Waals surface area contributed by atoms with Gasteiger partial charge in [0.05, 0.1) is 0 Å². The number of hydrogen-bond donors (Lipinski definition) is 2. The highest BCUT2D eigenvalue weighted by atomic mass is 32.2. The molecule has 0 aromatic carbocycles. The summed E-state index contributed by atoms with van der Waals surface area (Å²) in [4.78, 5) is 14.3. The average molecular weight is 257 g/mol. The zero-order valence-electron chi connectivity index (χ0n) is 10.8. The number of carbonyl (C=O) groups is 1. The molecule has 4 nitrogen and oxygen atoms in total. The van der Waals surface area contributed by atoms with Crippen LogP contribution in [-0.2, 0) is 4.79 Å². The molecule has 5 heteroatoms. The maximum absolute atomic E-state index is 12.0. The van der Waals surface area contributed by atoms with Crippen molar-refractivity contribution in [2.24, 2.45) is 11.1 Å². The third-order valence-electron chi connectivity index (χ3n) is 3.79. The van der Waals surface area contributed by atoms with E-state index in [4.69, 9.17) is 5.73 Å². The number of nitrogens with zero attached hydrogens (tertiary/aromatic N) is 1. The van der Waals surface area contributed by atoms with Gasteiger partial charge < -0.3 is 11.1 Å². The molecule has 1 atom stereocenters. The molecule has 0 bridgehead atoms. The Kier molecular flexibility index (Phi) is 3.71. The molecule has 2 saturated heterocycles. The second-order valence-electron chi connectivity index (χ2n) is 5.97. The molecule has 2 aliphatic heterocycles. The number of carbonyl (C=O) groups excluding carboxylic acids is 1. The Morgan fingerprint density at radius 1 is 1.29 bits per heavy atom. The van der Waals surface area contributed by atoms with Crippen LogP contribution in [0.4, 0.5) is 0 Å². The molecule has 3 N–H and O–H groups in total. The molecular formula is C12H23N3OS. The highest BCUT2D eigenvalue weighted by Gasteiger charge is 2.49. The van der Waals surface area contributed by atoms with Crippen LogP contribution in [0.1, 0.15) is 20.3 Å². The van der Waals surface area contributed by atoms with Crippen molar-refractivity contribution in [2.75, 3.05) is 37.7 Å². The molecule has 0 spiro atoms. The molecule has 0 saturated carbocycles. The third kappa shape index (κ3) is 2.61. The van der Waals surface area contributed by atoms with E-state index in [1.807, 2.05) is 11.8 Å². The molecule has 2 heterocycles. The Hall–Kier alpha value is -0.260. The SMILES string of the molecule is CC1(C)CSCC(C(N)=O)(N2CCNCC2)C1. The monoisotopic (exact) mass is 257 g/mol. The number of rotatable bonds is 2. The summed E-state index contributed by atoms with van der Waals surface area (Å²) in [5.74, 6) is 1.83. The van der Waals surface area contributed by atoms with E-state index < -0.39 is 5.54 Å². The number of hydrogen-bond acceptors (Lipinski definition) is 4. The van der Waals surface area contributed by atoms with Crippen molar-refractivity contribution in [3.05, 3.63) is 0 Å². The zero-order valence-corrected chi connectivity index (χ0v) is 11.6. The first-order chi connectivity index (χ1) is 7.96. The molecule has 98 valence electrons. The molecule has 2 rings (SSSR count). The van der Waals surface area contributed by atoms with Crippen LogP contribution in [0.3, 0.4) is 0 Å². The second-order valence-corrected chi connectivity index (χ2v) is 6.95. The van der Waals surface area contributed by atoms with Gasteiger partial charge in [-0.3, -0.25) is 9.69 Å². The van der Waals surface area contributed by atoms with E-state index in [2.05, 4.69) is 24.1 Å². The molecule has 2 fully saturated rings. The third-order valence-corrected chi connectivity index (χ3v) is 5.45. The van der Waals surface area contributed by atoms with Crippen LogP contribution >= 0.6 is 11.8 Å². The van der Waals surface area contributed by atoms with Crippen molar-refractivity contribution in [2.45, 2.75) is 25.8 Å². The predicted octanol–water partition coefficient (Wildman–Crippen LogP) is 0.279. The Labute approximate surface area is 108 Å². The van der Waals surface area contributed by atoms with Crippen LogP contribution in [0, 0.1) is 5.41 Å². The molecule has 1 amide bonds. The van der Waals surface area contributed by atoms with Crippen LogP contribution in [-0.4, -0.2) is 54.0 Å². The topological polar surface area (TPSA) is 58.4 Å². The van der Waals surface area contributed by atoms with E-state index in [1.165, 1.54) is 0 Å². The first kappa shape index (κ1) is 13.2. The van der Waals surface area contributed by atoms with Gasteiger partial charge in [0, 0.05) is 31.9 Å². The van der Waals surface area contributed by atoms with Gasteiger partial charge in [0.15, 0.2) is 0 Å². The first-order valence-corrected chi connectivity index (χ1v) is 7.45. The average Bonchev–Trinajstić information content (AvgIpc) is 2.28. The Morgan fingerprint density at radius 3 is 2.47 bits per heavy atom. The minimum absolute atomic E-state index is 0.139. The lowest BCUT2D eigenvalue weighted by Crippen LogP contribution is -2.66. The lowest BCUT2D eigenvalue weighted by molar-refractivity contribution is -0.131. The number of nitrogens with two attached hydrogens (primary N) is 1. The van der Waals surface area contributed by atoms with Crippen molar-refractivity contribution < 1.29 is 4.79 Å². The highest BCUT2D eigenvalue weighted by molar-refractivity contribution is 7.99. The van der Waals surface area contributed by atoms with Gasteiger partial charge in [0.2, 0.25) is 5.91 Å². The van der Waals surface area contributed by atoms with Gasteiger partial charge in [-0.25, -0.2) is 0 Å². The van der Waals surface area contributed by atoms with Gasteiger partial charge in [-0.05, 0) is 17.6 Å². The minimum atomic E-state index is -0.422. The van der Waals surface area contributed by atoms with Crippen LogP contribution in [0.25, 0.3) is 0 Å². The number of piperazine rings is 1. The highest BCUT2D eigenvalue weighted by Crippen LogP contribution is 2.42. The largest absolute Gasteiger partial charge is 0.368 e. The van der Waals surface area contributed by atoms with Crippen molar-refractivity contribution in [3.8, 4) is 0 Å². The fourth-order valence-corrected chi connectivity index (χ4v) is 4.52. The quantitative estimate of drug-likeness (QED) is 0.746. The maximum atomic E-state index is 12.0. The molecule has 0 radical (unpaired) electrons. The summed E-state index contributed by atoms with van der Waals surface area (Å²) >= 11 is 1.87. The fourth-order valence-electron chi connectivity index (χ4n) is 3.00. The fraction of sp³-hybridized carbons (Fsp3) is 0.917. The van der Waals surface area contributed by atoms with Crippen molar-refractivity contribution in [1.29, 1.82) is 0 Å². The van der Waals surface area contributed by atoms with Crippen LogP contribution in [0.5, 0.6) is 0 Å². The summed E-state index contributed by atoms with van der Waals surface area (Å²) in [5.41, 5.74) is 5.51. The molecule has 2 aliphatic rings. The van der Waals surface area contributed by atoms with Crippen LogP contribution < -0.4 is 11.1 Å². The van der Waals surface area contributed by atoms with Gasteiger partial charge >= 0.3 is 0 Å². The second kappa shape index (κ2) is 4.78. The molecule has 0 aliphatic carbocycles. The summed E-state index contributed by atoms with van der Waals surface area (Å²) in [7, 11) is 0. The maximum Gasteiger partial charge on any atom is 0.238 e. The van der Waals surface area contributed by atoms with Gasteiger partial charge in [0.1, 0.15) is 5.54 Å². The summed E-state index contributed by atoms with van der Waals surface area (Å²) in [6.07, 6.45) is 0.891. The Bertz CT molecular complexity index is 302. The van der Waals surface area contributed by atoms with E-state index in [-0.39, 0.29) is 11.3 Å². The lowest BCUT2D eigenvalue weighted by Gasteiger charge is -2.50. The van der Waals surface area contributed by atoms with Crippen molar-refractivity contribution >= 4 is 17.7 Å². The summed E-state index contributed by atoms with van der Waals surface area (Å²) in [6, 6.07) is 0. The van der Waals surface area contributed by atoms with Crippen LogP contribution in [0.2, 0.25) is 0 Å². The molecule has 17 heavy (non-hydrogen) atoms. The zero-order chi connectivity index (χ0) is 12.5. The minimum Gasteiger partial charge on any atom is -0.368 e. The molecule has 0 aromatic heterocycles. The summed E-state index contributed by atoms with van der Waals surface area (Å²) in [6.45, 7) is 8.25. The van der Waals surface area contributed by atoms with Gasteiger partial charge in [-0.15, -0.1) is 0 Å². The number of thioether (sulfide) groups is 1. The predicted molar refractivity (Wildman–Crippen MR) is 72.1 cm³/mol. The van der Waals surface area contributed by atoms with Gasteiger partial charge in [-0.1, -0.05) is 13.8 Å². The van der Waals surface area contributed by atoms with E-state index in [0.717, 1.165) is 44.1 Å². The van der Waals surface area contributed by atoms with E-state index in [9.17, 15) is 4.79 Å². The van der Waals surface area contributed by atoms with E-state index in [1.54, 1.807) is 0 Å². The number of nitrogens with one attached hydrogen (secondary N) is 1. The first-order valence-electron chi connectivity index (χ1n) is 6.30. The van der Waals surface area contributed by atoms with E-state index >= 15 is 0 Å².